The first-order valence-corrected chi connectivity index (χ1v) is 9.04. The molecular weight excluding hydrogens is 355 g/mol. The van der Waals surface area contributed by atoms with E-state index in [2.05, 4.69) is 4.18 Å². The van der Waals surface area contributed by atoms with E-state index in [9.17, 15) is 34.8 Å². The lowest BCUT2D eigenvalue weighted by Gasteiger charge is -2.24. The van der Waals surface area contributed by atoms with Crippen LogP contribution < -0.4 is 4.13 Å². The molecule has 0 aromatic rings. The SMILES string of the molecule is O=C1OC2C(OS(=O)(=O)NS(=O)(=O)C(F)(F)F)C3CC2[C@H]1C3. The van der Waals surface area contributed by atoms with Crippen LogP contribution in [0.2, 0.25) is 0 Å². The van der Waals surface area contributed by atoms with Crippen LogP contribution in [0, 0.1) is 17.8 Å². The van der Waals surface area contributed by atoms with E-state index in [0.717, 1.165) is 0 Å². The van der Waals surface area contributed by atoms with Crippen LogP contribution in [0.15, 0.2) is 0 Å². The summed E-state index contributed by atoms with van der Waals surface area (Å²) in [5.41, 5.74) is -5.79. The number of alkyl halides is 3. The standard InChI is InChI=1S/C9H10F3NO7S2/c10-9(11,12)21(15,16)13-22(17,18)20-6-3-1-4-5(2-3)8(14)19-7(4)6/h3-7,13H,1-2H2/t3?,4?,5-,6?,7?/m1/s1. The number of rotatable bonds is 4. The number of fused-ring (bicyclic) bond motifs is 1. The molecule has 8 nitrogen and oxygen atoms in total. The van der Waals surface area contributed by atoms with E-state index in [-0.39, 0.29) is 17.8 Å². The molecule has 126 valence electrons. The number of esters is 1. The predicted octanol–water partition coefficient (Wildman–Crippen LogP) is -0.363. The summed E-state index contributed by atoms with van der Waals surface area (Å²) in [5, 5.41) is 0. The van der Waals surface area contributed by atoms with Crippen LogP contribution in [0.25, 0.3) is 0 Å². The first-order chi connectivity index (χ1) is 9.91. The Hall–Kier alpha value is -0.920. The fraction of sp³-hybridized carbons (Fsp3) is 0.889. The molecule has 1 N–H and O–H groups in total. The minimum atomic E-state index is -6.11. The second-order valence-corrected chi connectivity index (χ2v) is 8.69. The largest absolute Gasteiger partial charge is 0.512 e. The van der Waals surface area contributed by atoms with Crippen LogP contribution in [0.4, 0.5) is 13.2 Å². The molecule has 13 heteroatoms. The Kier molecular flexibility index (Phi) is 3.30. The zero-order chi connectivity index (χ0) is 16.5. The molecule has 0 aromatic heterocycles. The van der Waals surface area contributed by atoms with Crippen LogP contribution in [0.5, 0.6) is 0 Å². The third-order valence-corrected chi connectivity index (χ3v) is 6.95. The highest BCUT2D eigenvalue weighted by atomic mass is 32.3. The molecule has 1 aliphatic heterocycles. The van der Waals surface area contributed by atoms with Gasteiger partial charge in [0.2, 0.25) is 0 Å². The van der Waals surface area contributed by atoms with Gasteiger partial charge in [0.1, 0.15) is 12.2 Å². The Bertz CT molecular complexity index is 716. The van der Waals surface area contributed by atoms with Crippen molar-refractivity contribution in [2.75, 3.05) is 0 Å². The summed E-state index contributed by atoms with van der Waals surface area (Å²) in [4.78, 5) is 11.5. The maximum Gasteiger partial charge on any atom is 0.512 e. The molecule has 1 heterocycles. The first kappa shape index (κ1) is 16.0. The Labute approximate surface area is 123 Å². The average molecular weight is 365 g/mol. The number of hydrogen-bond donors (Lipinski definition) is 1. The van der Waals surface area contributed by atoms with E-state index < -0.39 is 44.0 Å². The molecule has 5 atom stereocenters. The lowest BCUT2D eigenvalue weighted by atomic mass is 9.88. The molecule has 3 fully saturated rings. The molecule has 0 aromatic carbocycles. The third kappa shape index (κ3) is 2.39. The minimum absolute atomic E-state index is 0.239. The van der Waals surface area contributed by atoms with Crippen LogP contribution in [0.3, 0.4) is 0 Å². The Morgan fingerprint density at radius 2 is 1.82 bits per heavy atom. The van der Waals surface area contributed by atoms with Gasteiger partial charge in [0, 0.05) is 5.92 Å². The summed E-state index contributed by atoms with van der Waals surface area (Å²) in [6.45, 7) is 0. The van der Waals surface area contributed by atoms with E-state index in [0.29, 0.717) is 17.0 Å². The highest BCUT2D eigenvalue weighted by molar-refractivity contribution is 8.03. The summed E-state index contributed by atoms with van der Waals surface area (Å²) in [5.74, 6) is -1.45. The molecule has 4 unspecified atom stereocenters. The van der Waals surface area contributed by atoms with Crippen LogP contribution >= 0.6 is 0 Å². The van der Waals surface area contributed by atoms with Gasteiger partial charge in [-0.25, -0.2) is 12.6 Å². The van der Waals surface area contributed by atoms with Crippen molar-refractivity contribution < 1.29 is 43.7 Å². The fourth-order valence-corrected chi connectivity index (χ4v) is 5.55. The average Bonchev–Trinajstić information content (AvgIpc) is 2.90. The predicted molar refractivity (Wildman–Crippen MR) is 61.5 cm³/mol. The second-order valence-electron chi connectivity index (χ2n) is 5.45. The lowest BCUT2D eigenvalue weighted by Crippen LogP contribution is -2.44. The smallest absolute Gasteiger partial charge is 0.459 e. The molecule has 1 saturated heterocycles. The van der Waals surface area contributed by atoms with Crippen molar-refractivity contribution in [1.82, 2.24) is 4.13 Å². The number of hydrogen-bond acceptors (Lipinski definition) is 7. The van der Waals surface area contributed by atoms with Gasteiger partial charge in [-0.2, -0.15) is 21.6 Å². The molecule has 0 radical (unpaired) electrons. The van der Waals surface area contributed by atoms with Gasteiger partial charge in [-0.15, -0.1) is 0 Å². The Morgan fingerprint density at radius 3 is 2.41 bits per heavy atom. The molecule has 22 heavy (non-hydrogen) atoms. The van der Waals surface area contributed by atoms with Crippen LogP contribution in [0.1, 0.15) is 12.8 Å². The van der Waals surface area contributed by atoms with E-state index in [1.807, 2.05) is 0 Å². The molecule has 0 amide bonds. The van der Waals surface area contributed by atoms with Crippen molar-refractivity contribution in [3.8, 4) is 0 Å². The van der Waals surface area contributed by atoms with Gasteiger partial charge in [0.05, 0.1) is 5.92 Å². The lowest BCUT2D eigenvalue weighted by molar-refractivity contribution is -0.145. The first-order valence-electron chi connectivity index (χ1n) is 6.15. The van der Waals surface area contributed by atoms with Gasteiger partial charge in [0.15, 0.2) is 0 Å². The van der Waals surface area contributed by atoms with Crippen LogP contribution in [-0.2, 0) is 34.0 Å². The zero-order valence-electron chi connectivity index (χ0n) is 10.6. The van der Waals surface area contributed by atoms with E-state index >= 15 is 0 Å². The van der Waals surface area contributed by atoms with Crippen LogP contribution in [-0.4, -0.2) is 40.5 Å². The second kappa shape index (κ2) is 4.55. The summed E-state index contributed by atoms with van der Waals surface area (Å²) in [7, 11) is -11.3. The highest BCUT2D eigenvalue weighted by Gasteiger charge is 2.63. The third-order valence-electron chi connectivity index (χ3n) is 4.17. The van der Waals surface area contributed by atoms with Gasteiger partial charge in [-0.05, 0) is 18.8 Å². The number of carbonyl (C=O) groups excluding carboxylic acids is 1. The summed E-state index contributed by atoms with van der Waals surface area (Å²) < 4.78 is 91.3. The quantitative estimate of drug-likeness (QED) is 0.676. The molecule has 0 spiro atoms. The van der Waals surface area contributed by atoms with Crippen molar-refractivity contribution in [1.29, 1.82) is 0 Å². The topological polar surface area (TPSA) is 116 Å². The maximum atomic E-state index is 12.2. The van der Waals surface area contributed by atoms with E-state index in [4.69, 9.17) is 4.74 Å². The highest BCUT2D eigenvalue weighted by Crippen LogP contribution is 2.55. The van der Waals surface area contributed by atoms with E-state index in [1.165, 1.54) is 0 Å². The van der Waals surface area contributed by atoms with Gasteiger partial charge < -0.3 is 4.74 Å². The fourth-order valence-electron chi connectivity index (χ4n) is 3.38. The molecule has 3 aliphatic rings. The molecule has 2 bridgehead atoms. The number of sulfonamides is 1. The maximum absolute atomic E-state index is 12.2. The number of ether oxygens (including phenoxy) is 1. The molecule has 2 aliphatic carbocycles. The van der Waals surface area contributed by atoms with Crippen molar-refractivity contribution in [2.24, 2.45) is 17.8 Å². The van der Waals surface area contributed by atoms with E-state index in [1.54, 1.807) is 0 Å². The monoisotopic (exact) mass is 365 g/mol. The van der Waals surface area contributed by atoms with Crippen molar-refractivity contribution in [2.45, 2.75) is 30.6 Å². The Morgan fingerprint density at radius 1 is 1.18 bits per heavy atom. The van der Waals surface area contributed by atoms with Gasteiger partial charge in [-0.1, -0.05) is 4.13 Å². The Balaban J connectivity index is 1.75. The summed E-state index contributed by atoms with van der Waals surface area (Å²) >= 11 is 0. The van der Waals surface area contributed by atoms with Crippen molar-refractivity contribution in [3.63, 3.8) is 0 Å². The number of nitrogens with one attached hydrogen (secondary N) is 1. The normalized spacial score (nSPS) is 37.6. The molecular formula is C9H10F3NO7S2. The summed E-state index contributed by atoms with van der Waals surface area (Å²) in [6.07, 6.45) is -1.28. The van der Waals surface area contributed by atoms with Gasteiger partial charge >= 0.3 is 31.8 Å². The molecule has 2 saturated carbocycles. The van der Waals surface area contributed by atoms with Gasteiger partial charge in [0.25, 0.3) is 0 Å². The number of carbonyl (C=O) groups is 1. The van der Waals surface area contributed by atoms with Gasteiger partial charge in [-0.3, -0.25) is 4.79 Å². The van der Waals surface area contributed by atoms with Crippen molar-refractivity contribution >= 4 is 26.3 Å². The van der Waals surface area contributed by atoms with Crippen molar-refractivity contribution in [3.05, 3.63) is 0 Å². The molecule has 3 rings (SSSR count). The zero-order valence-corrected chi connectivity index (χ0v) is 12.2. The number of halogens is 3. The minimum Gasteiger partial charge on any atom is -0.459 e. The summed E-state index contributed by atoms with van der Waals surface area (Å²) in [6, 6.07) is 0.